The topological polar surface area (TPSA) is 46.5 Å². The number of aliphatic hydroxyl groups is 1. The quantitative estimate of drug-likeness (QED) is 0.381. The molecule has 12 heavy (non-hydrogen) atoms. The zero-order valence-corrected chi connectivity index (χ0v) is 7.25. The van der Waals surface area contributed by atoms with Crippen LogP contribution in [0.15, 0.2) is 17.9 Å². The molecule has 0 aromatic carbocycles. The van der Waals surface area contributed by atoms with Crippen molar-refractivity contribution in [2.75, 3.05) is 13.7 Å². The molecule has 0 atom stereocenters. The summed E-state index contributed by atoms with van der Waals surface area (Å²) in [6.07, 6.45) is 5.30. The van der Waals surface area contributed by atoms with E-state index in [-0.39, 0.29) is 12.6 Å². The molecule has 0 aliphatic rings. The first-order chi connectivity index (χ1) is 5.81. The summed E-state index contributed by atoms with van der Waals surface area (Å²) >= 11 is 0. The lowest BCUT2D eigenvalue weighted by molar-refractivity contribution is -0.140. The van der Waals surface area contributed by atoms with Crippen LogP contribution in [0, 0.1) is 0 Å². The van der Waals surface area contributed by atoms with Gasteiger partial charge in [0.2, 0.25) is 0 Å². The molecule has 3 heteroatoms. The van der Waals surface area contributed by atoms with E-state index in [0.29, 0.717) is 6.42 Å². The lowest BCUT2D eigenvalue weighted by Gasteiger charge is -1.94. The van der Waals surface area contributed by atoms with Gasteiger partial charge in [0.25, 0.3) is 0 Å². The summed E-state index contributed by atoms with van der Waals surface area (Å²) in [5.74, 6) is -0.186. The van der Waals surface area contributed by atoms with Crippen LogP contribution in [-0.2, 0) is 9.53 Å². The van der Waals surface area contributed by atoms with Crippen LogP contribution in [0.3, 0.4) is 0 Å². The minimum absolute atomic E-state index is 0.00744. The van der Waals surface area contributed by atoms with E-state index in [1.807, 2.05) is 0 Å². The van der Waals surface area contributed by atoms with Gasteiger partial charge in [0.05, 0.1) is 13.7 Å². The Balaban J connectivity index is 3.32. The molecule has 0 saturated carbocycles. The molecule has 0 rings (SSSR count). The number of carbonyl (C=O) groups excluding carboxylic acids is 1. The van der Waals surface area contributed by atoms with Gasteiger partial charge in [-0.2, -0.15) is 0 Å². The molecule has 1 N–H and O–H groups in total. The summed E-state index contributed by atoms with van der Waals surface area (Å²) < 4.78 is 4.46. The van der Waals surface area contributed by atoms with Gasteiger partial charge < -0.3 is 9.84 Å². The number of ether oxygens (including phenoxy) is 1. The second kappa shape index (κ2) is 8.05. The molecule has 3 nitrogen and oxygen atoms in total. The first-order valence-corrected chi connectivity index (χ1v) is 3.88. The Morgan fingerprint density at radius 3 is 2.92 bits per heavy atom. The van der Waals surface area contributed by atoms with Crippen molar-refractivity contribution in [3.05, 3.63) is 17.9 Å². The normalized spacial score (nSPS) is 8.50. The highest BCUT2D eigenvalue weighted by molar-refractivity contribution is 5.68. The largest absolute Gasteiger partial charge is 0.469 e. The number of carbonyl (C=O) groups is 1. The van der Waals surface area contributed by atoms with Crippen molar-refractivity contribution >= 4 is 5.97 Å². The second-order valence-electron chi connectivity index (χ2n) is 2.23. The molecule has 0 heterocycles. The summed E-state index contributed by atoms with van der Waals surface area (Å²) in [5, 5.41) is 8.34. The summed E-state index contributed by atoms with van der Waals surface area (Å²) in [4.78, 5) is 10.6. The zero-order valence-electron chi connectivity index (χ0n) is 7.25. The third kappa shape index (κ3) is 7.06. The van der Waals surface area contributed by atoms with E-state index in [2.05, 4.69) is 10.5 Å². The SMILES string of the molecule is COC(=O)CCCC=C=CCO. The molecule has 0 saturated heterocycles. The fourth-order valence-corrected chi connectivity index (χ4v) is 0.670. The Morgan fingerprint density at radius 1 is 1.58 bits per heavy atom. The number of aliphatic hydroxyl groups excluding tert-OH is 1. The van der Waals surface area contributed by atoms with Crippen LogP contribution in [0.5, 0.6) is 0 Å². The van der Waals surface area contributed by atoms with Crippen LogP contribution in [0.4, 0.5) is 0 Å². The molecule has 0 radical (unpaired) electrons. The molecule has 0 bridgehead atoms. The van der Waals surface area contributed by atoms with E-state index in [4.69, 9.17) is 5.11 Å². The molecule has 68 valence electrons. The average molecular weight is 170 g/mol. The first kappa shape index (κ1) is 11.0. The van der Waals surface area contributed by atoms with Crippen molar-refractivity contribution in [1.82, 2.24) is 0 Å². The Hall–Kier alpha value is -1.05. The van der Waals surface area contributed by atoms with Crippen LogP contribution >= 0.6 is 0 Å². The number of rotatable bonds is 5. The minimum Gasteiger partial charge on any atom is -0.469 e. The highest BCUT2D eigenvalue weighted by Crippen LogP contribution is 1.96. The van der Waals surface area contributed by atoms with Gasteiger partial charge >= 0.3 is 5.97 Å². The molecular weight excluding hydrogens is 156 g/mol. The monoisotopic (exact) mass is 170 g/mol. The summed E-state index contributed by atoms with van der Waals surface area (Å²) in [6.45, 7) is 0.00744. The van der Waals surface area contributed by atoms with E-state index in [0.717, 1.165) is 12.8 Å². The Morgan fingerprint density at radius 2 is 2.33 bits per heavy atom. The second-order valence-corrected chi connectivity index (χ2v) is 2.23. The molecule has 0 amide bonds. The van der Waals surface area contributed by atoms with Crippen molar-refractivity contribution in [3.8, 4) is 0 Å². The molecule has 0 fully saturated rings. The fourth-order valence-electron chi connectivity index (χ4n) is 0.670. The third-order valence-electron chi connectivity index (χ3n) is 1.28. The molecule has 0 unspecified atom stereocenters. The number of unbranched alkanes of at least 4 members (excludes halogenated alkanes) is 1. The highest BCUT2D eigenvalue weighted by Gasteiger charge is 1.96. The van der Waals surface area contributed by atoms with Crippen LogP contribution < -0.4 is 0 Å². The Bertz CT molecular complexity index is 178. The van der Waals surface area contributed by atoms with Crippen molar-refractivity contribution in [2.45, 2.75) is 19.3 Å². The van der Waals surface area contributed by atoms with Crippen LogP contribution in [-0.4, -0.2) is 24.8 Å². The molecule has 0 spiro atoms. The van der Waals surface area contributed by atoms with Gasteiger partial charge in [-0.15, -0.1) is 5.73 Å². The van der Waals surface area contributed by atoms with Gasteiger partial charge in [-0.05, 0) is 25.0 Å². The summed E-state index contributed by atoms with van der Waals surface area (Å²) in [7, 11) is 1.38. The maximum Gasteiger partial charge on any atom is 0.305 e. The van der Waals surface area contributed by atoms with Crippen LogP contribution in [0.25, 0.3) is 0 Å². The van der Waals surface area contributed by atoms with Crippen molar-refractivity contribution < 1.29 is 14.6 Å². The smallest absolute Gasteiger partial charge is 0.305 e. The van der Waals surface area contributed by atoms with E-state index in [1.54, 1.807) is 6.08 Å². The van der Waals surface area contributed by atoms with Crippen molar-refractivity contribution in [2.24, 2.45) is 0 Å². The molecule has 0 aliphatic carbocycles. The first-order valence-electron chi connectivity index (χ1n) is 3.88. The number of hydrogen-bond acceptors (Lipinski definition) is 3. The fraction of sp³-hybridized carbons (Fsp3) is 0.556. The van der Waals surface area contributed by atoms with E-state index >= 15 is 0 Å². The molecular formula is C9H14O3. The predicted octanol–water partition coefficient (Wildman–Crippen LogP) is 1.03. The Labute approximate surface area is 72.3 Å². The maximum atomic E-state index is 10.6. The molecule has 0 aromatic heterocycles. The van der Waals surface area contributed by atoms with Gasteiger partial charge in [0.15, 0.2) is 0 Å². The third-order valence-corrected chi connectivity index (χ3v) is 1.28. The van der Waals surface area contributed by atoms with Crippen molar-refractivity contribution in [1.29, 1.82) is 0 Å². The summed E-state index contributed by atoms with van der Waals surface area (Å²) in [5.41, 5.74) is 2.77. The van der Waals surface area contributed by atoms with Gasteiger partial charge in [-0.1, -0.05) is 0 Å². The maximum absolute atomic E-state index is 10.6. The number of methoxy groups -OCH3 is 1. The van der Waals surface area contributed by atoms with E-state index < -0.39 is 0 Å². The van der Waals surface area contributed by atoms with Gasteiger partial charge in [-0.25, -0.2) is 0 Å². The van der Waals surface area contributed by atoms with E-state index in [1.165, 1.54) is 13.2 Å². The van der Waals surface area contributed by atoms with Gasteiger partial charge in [-0.3, -0.25) is 4.79 Å². The van der Waals surface area contributed by atoms with Crippen LogP contribution in [0.2, 0.25) is 0 Å². The average Bonchev–Trinajstić information content (AvgIpc) is 2.10. The van der Waals surface area contributed by atoms with Crippen LogP contribution in [0.1, 0.15) is 19.3 Å². The summed E-state index contributed by atoms with van der Waals surface area (Å²) in [6, 6.07) is 0. The lowest BCUT2D eigenvalue weighted by atomic mass is 10.2. The van der Waals surface area contributed by atoms with E-state index in [9.17, 15) is 4.79 Å². The Kier molecular flexibility index (Phi) is 7.35. The molecule has 0 aromatic rings. The molecule has 0 aliphatic heterocycles. The number of hydrogen-bond donors (Lipinski definition) is 1. The predicted molar refractivity (Wildman–Crippen MR) is 45.6 cm³/mol. The lowest BCUT2D eigenvalue weighted by Crippen LogP contribution is -1.98. The standard InChI is InChI=1S/C9H14O3/c1-12-9(11)7-5-3-2-4-6-8-10/h2,6,10H,3,5,7-8H2,1H3. The van der Waals surface area contributed by atoms with Gasteiger partial charge in [0, 0.05) is 6.42 Å². The zero-order chi connectivity index (χ0) is 9.23. The van der Waals surface area contributed by atoms with Crippen molar-refractivity contribution in [3.63, 3.8) is 0 Å². The highest BCUT2D eigenvalue weighted by atomic mass is 16.5. The minimum atomic E-state index is -0.186. The van der Waals surface area contributed by atoms with Gasteiger partial charge in [0.1, 0.15) is 0 Å². The number of esters is 1.